The van der Waals surface area contributed by atoms with Crippen LogP contribution in [0.4, 0.5) is 0 Å². The number of nitrogens with zero attached hydrogens (tertiary/aromatic N) is 1. The summed E-state index contributed by atoms with van der Waals surface area (Å²) in [6.07, 6.45) is -0.875. The zero-order valence-corrected chi connectivity index (χ0v) is 8.58. The molecule has 6 heteroatoms. The molecule has 6 nitrogen and oxygen atoms in total. The van der Waals surface area contributed by atoms with Crippen LogP contribution in [-0.4, -0.2) is 38.9 Å². The number of nitrogens with two attached hydrogens (primary N) is 1. The first-order chi connectivity index (χ1) is 7.57. The molecule has 0 bridgehead atoms. The van der Waals surface area contributed by atoms with Crippen LogP contribution in [0, 0.1) is 0 Å². The predicted octanol–water partition coefficient (Wildman–Crippen LogP) is -0.477. The molecule has 0 amide bonds. The van der Waals surface area contributed by atoms with Crippen LogP contribution in [-0.2, 0) is 0 Å². The van der Waals surface area contributed by atoms with Gasteiger partial charge in [0.1, 0.15) is 6.10 Å². The zero-order chi connectivity index (χ0) is 12.1. The van der Waals surface area contributed by atoms with Gasteiger partial charge < -0.3 is 21.1 Å². The average Bonchev–Trinajstić information content (AvgIpc) is 2.28. The number of aromatic nitrogens is 1. The van der Waals surface area contributed by atoms with Gasteiger partial charge in [-0.05, 0) is 19.0 Å². The van der Waals surface area contributed by atoms with Gasteiger partial charge in [0.05, 0.1) is 6.10 Å². The first-order valence-corrected chi connectivity index (χ1v) is 4.82. The smallest absolute Gasteiger partial charge is 0.354 e. The van der Waals surface area contributed by atoms with Crippen molar-refractivity contribution in [1.82, 2.24) is 4.98 Å². The zero-order valence-electron chi connectivity index (χ0n) is 8.58. The molecule has 1 rings (SSSR count). The van der Waals surface area contributed by atoms with E-state index in [1.165, 1.54) is 18.3 Å². The van der Waals surface area contributed by atoms with Gasteiger partial charge in [0.25, 0.3) is 0 Å². The molecule has 0 saturated heterocycles. The molecule has 1 heterocycles. The molecule has 2 unspecified atom stereocenters. The Morgan fingerprint density at radius 1 is 1.50 bits per heavy atom. The maximum Gasteiger partial charge on any atom is 0.354 e. The lowest BCUT2D eigenvalue weighted by atomic mass is 10.0. The number of aliphatic hydroxyl groups excluding tert-OH is 2. The molecular weight excluding hydrogens is 212 g/mol. The number of rotatable bonds is 5. The molecule has 16 heavy (non-hydrogen) atoms. The lowest BCUT2D eigenvalue weighted by Gasteiger charge is -2.18. The number of carbonyl (C=O) groups is 1. The standard InChI is InChI=1S/C10H14N2O4/c11-4-3-7(13)9(14)6-2-1-5-12-8(6)10(15)16/h1-2,5,7,9,13-14H,3-4,11H2,(H,15,16). The van der Waals surface area contributed by atoms with Crippen molar-refractivity contribution in [1.29, 1.82) is 0 Å². The van der Waals surface area contributed by atoms with E-state index in [4.69, 9.17) is 10.8 Å². The molecule has 0 spiro atoms. The van der Waals surface area contributed by atoms with Gasteiger partial charge in [-0.2, -0.15) is 0 Å². The van der Waals surface area contributed by atoms with Gasteiger partial charge in [-0.15, -0.1) is 0 Å². The Hall–Kier alpha value is -1.50. The number of hydrogen-bond donors (Lipinski definition) is 4. The topological polar surface area (TPSA) is 117 Å². The highest BCUT2D eigenvalue weighted by Gasteiger charge is 2.23. The lowest BCUT2D eigenvalue weighted by Crippen LogP contribution is -2.23. The van der Waals surface area contributed by atoms with Gasteiger partial charge in [-0.1, -0.05) is 6.07 Å². The highest BCUT2D eigenvalue weighted by atomic mass is 16.4. The molecule has 0 aliphatic rings. The quantitative estimate of drug-likeness (QED) is 0.539. The largest absolute Gasteiger partial charge is 0.477 e. The fourth-order valence-corrected chi connectivity index (χ4v) is 1.37. The Morgan fingerprint density at radius 2 is 2.19 bits per heavy atom. The average molecular weight is 226 g/mol. The van der Waals surface area contributed by atoms with Gasteiger partial charge in [-0.25, -0.2) is 9.78 Å². The number of pyridine rings is 1. The minimum absolute atomic E-state index is 0.0935. The molecule has 0 radical (unpaired) electrons. The van der Waals surface area contributed by atoms with E-state index in [1.54, 1.807) is 0 Å². The number of aromatic carboxylic acids is 1. The van der Waals surface area contributed by atoms with E-state index in [0.29, 0.717) is 0 Å². The Balaban J connectivity index is 2.98. The minimum atomic E-state index is -1.29. The van der Waals surface area contributed by atoms with Crippen LogP contribution in [0.1, 0.15) is 28.6 Å². The van der Waals surface area contributed by atoms with Crippen LogP contribution >= 0.6 is 0 Å². The Labute approximate surface area is 92.4 Å². The summed E-state index contributed by atoms with van der Waals surface area (Å²) in [6.45, 7) is 0.209. The summed E-state index contributed by atoms with van der Waals surface area (Å²) in [5.74, 6) is -1.24. The van der Waals surface area contributed by atoms with Crippen molar-refractivity contribution in [2.24, 2.45) is 5.73 Å². The lowest BCUT2D eigenvalue weighted by molar-refractivity contribution is 0.0138. The van der Waals surface area contributed by atoms with Crippen molar-refractivity contribution in [3.63, 3.8) is 0 Å². The van der Waals surface area contributed by atoms with Crippen molar-refractivity contribution >= 4 is 5.97 Å². The minimum Gasteiger partial charge on any atom is -0.477 e. The van der Waals surface area contributed by atoms with Gasteiger partial charge in [0, 0.05) is 11.8 Å². The van der Waals surface area contributed by atoms with Crippen LogP contribution in [0.5, 0.6) is 0 Å². The maximum atomic E-state index is 10.8. The molecule has 0 fully saturated rings. The van der Waals surface area contributed by atoms with Crippen LogP contribution < -0.4 is 5.73 Å². The Kier molecular flexibility index (Phi) is 4.36. The van der Waals surface area contributed by atoms with Crippen LogP contribution in [0.2, 0.25) is 0 Å². The summed E-state index contributed by atoms with van der Waals surface area (Å²) < 4.78 is 0. The number of carboxylic acids is 1. The molecule has 88 valence electrons. The summed E-state index contributed by atoms with van der Waals surface area (Å²) >= 11 is 0. The summed E-state index contributed by atoms with van der Waals surface area (Å²) in [7, 11) is 0. The molecule has 0 aliphatic carbocycles. The van der Waals surface area contributed by atoms with E-state index in [2.05, 4.69) is 4.98 Å². The molecule has 2 atom stereocenters. The summed E-state index contributed by atoms with van der Waals surface area (Å²) in [6, 6.07) is 2.92. The van der Waals surface area contributed by atoms with Gasteiger partial charge in [-0.3, -0.25) is 0 Å². The number of hydrogen-bond acceptors (Lipinski definition) is 5. The second-order valence-electron chi connectivity index (χ2n) is 3.34. The number of aliphatic hydroxyl groups is 2. The third-order valence-corrected chi connectivity index (χ3v) is 2.19. The number of carboxylic acid groups (broad SMARTS) is 1. The van der Waals surface area contributed by atoms with Crippen LogP contribution in [0.25, 0.3) is 0 Å². The molecular formula is C10H14N2O4. The van der Waals surface area contributed by atoms with Crippen LogP contribution in [0.15, 0.2) is 18.3 Å². The molecule has 1 aromatic rings. The summed E-state index contributed by atoms with van der Waals surface area (Å²) in [5, 5.41) is 28.1. The molecule has 1 aromatic heterocycles. The monoisotopic (exact) mass is 226 g/mol. The first-order valence-electron chi connectivity index (χ1n) is 4.82. The van der Waals surface area contributed by atoms with Crippen LogP contribution in [0.3, 0.4) is 0 Å². The highest BCUT2D eigenvalue weighted by molar-refractivity contribution is 5.87. The van der Waals surface area contributed by atoms with Gasteiger partial charge in [0.2, 0.25) is 0 Å². The molecule has 5 N–H and O–H groups in total. The van der Waals surface area contributed by atoms with E-state index >= 15 is 0 Å². The SMILES string of the molecule is NCCC(O)C(O)c1cccnc1C(=O)O. The van der Waals surface area contributed by atoms with Crippen molar-refractivity contribution in [2.75, 3.05) is 6.54 Å². The normalized spacial score (nSPS) is 14.4. The van der Waals surface area contributed by atoms with Gasteiger partial charge in [0.15, 0.2) is 5.69 Å². The molecule has 0 aliphatic heterocycles. The fourth-order valence-electron chi connectivity index (χ4n) is 1.37. The summed E-state index contributed by atoms with van der Waals surface area (Å²) in [4.78, 5) is 14.5. The third-order valence-electron chi connectivity index (χ3n) is 2.19. The van der Waals surface area contributed by atoms with E-state index in [9.17, 15) is 15.0 Å². The molecule has 0 saturated carbocycles. The predicted molar refractivity (Wildman–Crippen MR) is 55.8 cm³/mol. The Morgan fingerprint density at radius 3 is 2.75 bits per heavy atom. The Bertz CT molecular complexity index is 370. The molecule has 0 aromatic carbocycles. The van der Waals surface area contributed by atoms with E-state index in [-0.39, 0.29) is 24.2 Å². The van der Waals surface area contributed by atoms with Crippen molar-refractivity contribution in [3.8, 4) is 0 Å². The maximum absolute atomic E-state index is 10.8. The van der Waals surface area contributed by atoms with E-state index in [1.807, 2.05) is 0 Å². The van der Waals surface area contributed by atoms with Crippen molar-refractivity contribution < 1.29 is 20.1 Å². The van der Waals surface area contributed by atoms with Gasteiger partial charge >= 0.3 is 5.97 Å². The van der Waals surface area contributed by atoms with E-state index in [0.717, 1.165) is 0 Å². The second kappa shape index (κ2) is 5.55. The van der Waals surface area contributed by atoms with E-state index < -0.39 is 18.2 Å². The van der Waals surface area contributed by atoms with Crippen molar-refractivity contribution in [3.05, 3.63) is 29.6 Å². The first kappa shape index (κ1) is 12.6. The third kappa shape index (κ3) is 2.75. The second-order valence-corrected chi connectivity index (χ2v) is 3.34. The van der Waals surface area contributed by atoms with Crippen molar-refractivity contribution in [2.45, 2.75) is 18.6 Å². The fraction of sp³-hybridized carbons (Fsp3) is 0.400. The summed E-state index contributed by atoms with van der Waals surface area (Å²) in [5.41, 5.74) is 5.08. The highest BCUT2D eigenvalue weighted by Crippen LogP contribution is 2.21.